The van der Waals surface area contributed by atoms with Crippen LogP contribution < -0.4 is 4.90 Å². The van der Waals surface area contributed by atoms with Gasteiger partial charge in [-0.2, -0.15) is 0 Å². The number of amides is 3. The molecule has 5 rings (SSSR count). The summed E-state index contributed by atoms with van der Waals surface area (Å²) in [4.78, 5) is 44.0. The standard InChI is InChI=1S/C26H26N4O3S/c1-18-21(20-10-6-7-11-22(20)27(18)2)16-23-25(32)30(26(33)34-23)17-24(31)29-14-12-28(13-15-29)19-8-4-3-5-9-19/h3-11,16H,12-15,17H2,1-2H3/b23-16-. The fourth-order valence-corrected chi connectivity index (χ4v) is 5.41. The Morgan fingerprint density at radius 2 is 1.65 bits per heavy atom. The van der Waals surface area contributed by atoms with Crippen molar-refractivity contribution in [3.05, 3.63) is 70.8 Å². The van der Waals surface area contributed by atoms with Gasteiger partial charge in [0.1, 0.15) is 6.54 Å². The molecule has 8 heteroatoms. The minimum Gasteiger partial charge on any atom is -0.368 e. The molecule has 0 unspecified atom stereocenters. The summed E-state index contributed by atoms with van der Waals surface area (Å²) >= 11 is 0.900. The molecule has 7 nitrogen and oxygen atoms in total. The van der Waals surface area contributed by atoms with Crippen molar-refractivity contribution in [2.75, 3.05) is 37.6 Å². The van der Waals surface area contributed by atoms with Crippen LogP contribution in [-0.4, -0.2) is 64.1 Å². The van der Waals surface area contributed by atoms with Crippen LogP contribution >= 0.6 is 11.8 Å². The molecular formula is C26H26N4O3S. The second-order valence-corrected chi connectivity index (χ2v) is 9.54. The molecule has 2 aliphatic rings. The van der Waals surface area contributed by atoms with E-state index in [0.717, 1.165) is 57.6 Å². The van der Waals surface area contributed by atoms with Crippen molar-refractivity contribution in [2.45, 2.75) is 6.92 Å². The van der Waals surface area contributed by atoms with Gasteiger partial charge in [-0.25, -0.2) is 0 Å². The van der Waals surface area contributed by atoms with E-state index in [9.17, 15) is 14.4 Å². The van der Waals surface area contributed by atoms with E-state index in [4.69, 9.17) is 0 Å². The summed E-state index contributed by atoms with van der Waals surface area (Å²) in [5.41, 5.74) is 4.14. The number of fused-ring (bicyclic) bond motifs is 1. The van der Waals surface area contributed by atoms with Gasteiger partial charge in [-0.3, -0.25) is 19.3 Å². The van der Waals surface area contributed by atoms with E-state index in [-0.39, 0.29) is 12.5 Å². The number of aromatic nitrogens is 1. The van der Waals surface area contributed by atoms with Crippen LogP contribution in [0.5, 0.6) is 0 Å². The maximum Gasteiger partial charge on any atom is 0.294 e. The minimum atomic E-state index is -0.404. The lowest BCUT2D eigenvalue weighted by atomic mass is 10.1. The smallest absolute Gasteiger partial charge is 0.294 e. The molecule has 0 saturated carbocycles. The van der Waals surface area contributed by atoms with Gasteiger partial charge in [0.2, 0.25) is 5.91 Å². The first kappa shape index (κ1) is 22.3. The Labute approximate surface area is 202 Å². The molecule has 0 spiro atoms. The van der Waals surface area contributed by atoms with Crippen LogP contribution in [0.1, 0.15) is 11.3 Å². The number of piperazine rings is 1. The summed E-state index contributed by atoms with van der Waals surface area (Å²) < 4.78 is 2.07. The Balaban J connectivity index is 1.27. The summed E-state index contributed by atoms with van der Waals surface area (Å²) in [6.07, 6.45) is 1.78. The molecule has 34 heavy (non-hydrogen) atoms. The van der Waals surface area contributed by atoms with Gasteiger partial charge in [0.05, 0.1) is 4.91 Å². The first-order valence-electron chi connectivity index (χ1n) is 11.3. The Kier molecular flexibility index (Phi) is 5.91. The summed E-state index contributed by atoms with van der Waals surface area (Å²) in [5.74, 6) is -0.601. The fourth-order valence-electron chi connectivity index (χ4n) is 4.59. The number of nitrogens with zero attached hydrogens (tertiary/aromatic N) is 4. The van der Waals surface area contributed by atoms with Crippen molar-refractivity contribution in [2.24, 2.45) is 7.05 Å². The third-order valence-corrected chi connectivity index (χ3v) is 7.55. The number of carbonyl (C=O) groups is 3. The zero-order valence-corrected chi connectivity index (χ0v) is 20.0. The predicted octanol–water partition coefficient (Wildman–Crippen LogP) is 3.87. The topological polar surface area (TPSA) is 65.9 Å². The number of hydrogen-bond acceptors (Lipinski definition) is 5. The van der Waals surface area contributed by atoms with Gasteiger partial charge in [0.15, 0.2) is 0 Å². The van der Waals surface area contributed by atoms with Gasteiger partial charge < -0.3 is 14.4 Å². The van der Waals surface area contributed by atoms with Crippen LogP contribution in [0.2, 0.25) is 0 Å². The zero-order chi connectivity index (χ0) is 23.8. The number of benzene rings is 2. The number of carbonyl (C=O) groups excluding carboxylic acids is 3. The lowest BCUT2D eigenvalue weighted by Crippen LogP contribution is -2.51. The Hall–Kier alpha value is -3.52. The Bertz CT molecular complexity index is 1310. The largest absolute Gasteiger partial charge is 0.368 e. The molecule has 3 aromatic rings. The van der Waals surface area contributed by atoms with Crippen molar-refractivity contribution in [1.29, 1.82) is 0 Å². The number of para-hydroxylation sites is 2. The van der Waals surface area contributed by atoms with Crippen LogP contribution in [0, 0.1) is 6.92 Å². The maximum absolute atomic E-state index is 13.1. The third-order valence-electron chi connectivity index (χ3n) is 6.64. The first-order valence-corrected chi connectivity index (χ1v) is 12.1. The summed E-state index contributed by atoms with van der Waals surface area (Å²) in [7, 11) is 1.98. The summed E-state index contributed by atoms with van der Waals surface area (Å²) in [6, 6.07) is 18.1. The number of rotatable bonds is 4. The highest BCUT2D eigenvalue weighted by molar-refractivity contribution is 8.18. The lowest BCUT2D eigenvalue weighted by molar-refractivity contribution is -0.136. The van der Waals surface area contributed by atoms with E-state index in [2.05, 4.69) is 21.6 Å². The number of thioether (sulfide) groups is 1. The van der Waals surface area contributed by atoms with Crippen LogP contribution in [0.15, 0.2) is 59.5 Å². The maximum atomic E-state index is 13.1. The molecule has 3 amide bonds. The van der Waals surface area contributed by atoms with Gasteiger partial charge >= 0.3 is 0 Å². The highest BCUT2D eigenvalue weighted by Crippen LogP contribution is 2.35. The monoisotopic (exact) mass is 474 g/mol. The van der Waals surface area contributed by atoms with Gasteiger partial charge in [-0.05, 0) is 43.0 Å². The van der Waals surface area contributed by atoms with E-state index < -0.39 is 11.1 Å². The van der Waals surface area contributed by atoms with Gasteiger partial charge in [-0.15, -0.1) is 0 Å². The molecule has 0 atom stereocenters. The van der Waals surface area contributed by atoms with Gasteiger partial charge in [-0.1, -0.05) is 36.4 Å². The van der Waals surface area contributed by atoms with Crippen molar-refractivity contribution in [1.82, 2.24) is 14.4 Å². The SMILES string of the molecule is Cc1c(/C=C2\SC(=O)N(CC(=O)N3CCN(c4ccccc4)CC3)C2=O)c2ccccc2n1C. The van der Waals surface area contributed by atoms with E-state index in [1.165, 1.54) is 0 Å². The Morgan fingerprint density at radius 3 is 2.38 bits per heavy atom. The van der Waals surface area contributed by atoms with Gasteiger partial charge in [0, 0.05) is 61.1 Å². The molecule has 2 aliphatic heterocycles. The second kappa shape index (κ2) is 9.02. The van der Waals surface area contributed by atoms with E-state index in [1.807, 2.05) is 56.4 Å². The zero-order valence-electron chi connectivity index (χ0n) is 19.2. The van der Waals surface area contributed by atoms with Crippen LogP contribution in [0.4, 0.5) is 10.5 Å². The number of aryl methyl sites for hydroxylation is 1. The first-order chi connectivity index (χ1) is 16.4. The lowest BCUT2D eigenvalue weighted by Gasteiger charge is -2.36. The molecule has 2 saturated heterocycles. The highest BCUT2D eigenvalue weighted by atomic mass is 32.2. The molecular weight excluding hydrogens is 448 g/mol. The number of hydrogen-bond donors (Lipinski definition) is 0. The minimum absolute atomic E-state index is 0.197. The fraction of sp³-hybridized carbons (Fsp3) is 0.269. The van der Waals surface area contributed by atoms with Crippen LogP contribution in [0.25, 0.3) is 17.0 Å². The molecule has 2 aromatic carbocycles. The second-order valence-electron chi connectivity index (χ2n) is 8.55. The molecule has 0 radical (unpaired) electrons. The molecule has 0 N–H and O–H groups in total. The Morgan fingerprint density at radius 1 is 0.971 bits per heavy atom. The van der Waals surface area contributed by atoms with Gasteiger partial charge in [0.25, 0.3) is 11.1 Å². The average Bonchev–Trinajstić information content (AvgIpc) is 3.27. The van der Waals surface area contributed by atoms with E-state index >= 15 is 0 Å². The summed E-state index contributed by atoms with van der Waals surface area (Å²) in [5, 5.41) is 0.632. The number of imide groups is 1. The van der Waals surface area contributed by atoms with E-state index in [0.29, 0.717) is 18.0 Å². The average molecular weight is 475 g/mol. The summed E-state index contributed by atoms with van der Waals surface area (Å²) in [6.45, 7) is 4.34. The molecule has 2 fully saturated rings. The highest BCUT2D eigenvalue weighted by Gasteiger charge is 2.37. The molecule has 0 aliphatic carbocycles. The van der Waals surface area contributed by atoms with E-state index in [1.54, 1.807) is 11.0 Å². The third kappa shape index (κ3) is 3.98. The molecule has 3 heterocycles. The predicted molar refractivity (Wildman–Crippen MR) is 136 cm³/mol. The van der Waals surface area contributed by atoms with Crippen molar-refractivity contribution < 1.29 is 14.4 Å². The van der Waals surface area contributed by atoms with Crippen molar-refractivity contribution >= 4 is 51.5 Å². The molecule has 0 bridgehead atoms. The van der Waals surface area contributed by atoms with Crippen LogP contribution in [0.3, 0.4) is 0 Å². The van der Waals surface area contributed by atoms with Crippen molar-refractivity contribution in [3.8, 4) is 0 Å². The molecule has 1 aromatic heterocycles. The van der Waals surface area contributed by atoms with Crippen molar-refractivity contribution in [3.63, 3.8) is 0 Å². The van der Waals surface area contributed by atoms with Crippen LogP contribution in [-0.2, 0) is 16.6 Å². The molecule has 174 valence electrons. The number of anilines is 1. The quantitative estimate of drug-likeness (QED) is 0.537. The normalized spacial score (nSPS) is 17.9.